The van der Waals surface area contributed by atoms with Gasteiger partial charge >= 0.3 is 0 Å². The fourth-order valence-electron chi connectivity index (χ4n) is 3.12. The van der Waals surface area contributed by atoms with Crippen molar-refractivity contribution in [2.24, 2.45) is 0 Å². The second kappa shape index (κ2) is 12.8. The van der Waals surface area contributed by atoms with E-state index in [1.165, 1.54) is 17.3 Å². The summed E-state index contributed by atoms with van der Waals surface area (Å²) in [6, 6.07) is 12.7. The van der Waals surface area contributed by atoms with Gasteiger partial charge < -0.3 is 19.9 Å². The molecule has 186 valence electrons. The van der Waals surface area contributed by atoms with E-state index in [1.54, 1.807) is 18.2 Å². The molecular formula is C24H27Cl2N5O3S. The maximum Gasteiger partial charge on any atom is 0.258 e. The fraction of sp³-hybridized carbons (Fsp3) is 0.333. The van der Waals surface area contributed by atoms with Crippen molar-refractivity contribution in [2.45, 2.75) is 44.9 Å². The summed E-state index contributed by atoms with van der Waals surface area (Å²) in [5.74, 6) is 1.24. The molecule has 0 saturated heterocycles. The Kier molecular flexibility index (Phi) is 9.83. The van der Waals surface area contributed by atoms with Gasteiger partial charge in [-0.1, -0.05) is 67.0 Å². The molecule has 0 atom stereocenters. The van der Waals surface area contributed by atoms with Crippen LogP contribution in [-0.2, 0) is 22.7 Å². The third kappa shape index (κ3) is 7.62. The highest BCUT2D eigenvalue weighted by Gasteiger charge is 2.15. The molecule has 3 aromatic rings. The zero-order valence-electron chi connectivity index (χ0n) is 19.7. The van der Waals surface area contributed by atoms with E-state index >= 15 is 0 Å². The van der Waals surface area contributed by atoms with Gasteiger partial charge in [0.05, 0.1) is 28.0 Å². The van der Waals surface area contributed by atoms with E-state index in [2.05, 4.69) is 34.7 Å². The van der Waals surface area contributed by atoms with Crippen LogP contribution in [0.15, 0.2) is 47.6 Å². The normalized spacial score (nSPS) is 10.9. The molecule has 2 N–H and O–H groups in total. The number of thioether (sulfide) groups is 1. The zero-order chi connectivity index (χ0) is 25.4. The number of carbonyl (C=O) groups is 2. The van der Waals surface area contributed by atoms with E-state index in [0.717, 1.165) is 0 Å². The molecule has 0 spiro atoms. The van der Waals surface area contributed by atoms with Crippen molar-refractivity contribution in [1.29, 1.82) is 0 Å². The molecule has 0 unspecified atom stereocenters. The monoisotopic (exact) mass is 535 g/mol. The molecule has 0 radical (unpaired) electrons. The van der Waals surface area contributed by atoms with Crippen LogP contribution in [0.4, 0.5) is 5.69 Å². The molecule has 11 heteroatoms. The standard InChI is InChI=1S/C24H27Cl2N5O3S/c1-4-31-20(12-27-21(32)13-34-17-10-8-16(9-11-17)15(2)3)29-30-24(31)35-14-22(33)28-19-7-5-6-18(25)23(19)26/h5-11,15H,4,12-14H2,1-3H3,(H,27,32)(H,28,33). The number of anilines is 1. The summed E-state index contributed by atoms with van der Waals surface area (Å²) in [5.41, 5.74) is 1.66. The number of hydrogen-bond acceptors (Lipinski definition) is 6. The summed E-state index contributed by atoms with van der Waals surface area (Å²) in [6.07, 6.45) is 0. The number of hydrogen-bond donors (Lipinski definition) is 2. The van der Waals surface area contributed by atoms with Crippen LogP contribution in [0, 0.1) is 0 Å². The molecular weight excluding hydrogens is 509 g/mol. The van der Waals surface area contributed by atoms with E-state index in [-0.39, 0.29) is 30.7 Å². The minimum atomic E-state index is -0.268. The van der Waals surface area contributed by atoms with Gasteiger partial charge in [0, 0.05) is 6.54 Å². The predicted molar refractivity (Wildman–Crippen MR) is 139 cm³/mol. The van der Waals surface area contributed by atoms with Gasteiger partial charge in [-0.2, -0.15) is 0 Å². The molecule has 0 saturated carbocycles. The van der Waals surface area contributed by atoms with Crippen molar-refractivity contribution in [1.82, 2.24) is 20.1 Å². The van der Waals surface area contributed by atoms with Crippen molar-refractivity contribution in [3.63, 3.8) is 0 Å². The number of halogens is 2. The average Bonchev–Trinajstić information content (AvgIpc) is 3.25. The molecule has 0 aliphatic carbocycles. The Morgan fingerprint density at radius 2 is 1.83 bits per heavy atom. The summed E-state index contributed by atoms with van der Waals surface area (Å²) >= 11 is 13.3. The first-order chi connectivity index (χ1) is 16.8. The Morgan fingerprint density at radius 1 is 1.09 bits per heavy atom. The van der Waals surface area contributed by atoms with Crippen LogP contribution >= 0.6 is 35.0 Å². The molecule has 0 fully saturated rings. The molecule has 8 nitrogen and oxygen atoms in total. The van der Waals surface area contributed by atoms with Crippen LogP contribution in [0.1, 0.15) is 38.1 Å². The highest BCUT2D eigenvalue weighted by atomic mass is 35.5. The van der Waals surface area contributed by atoms with Gasteiger partial charge in [-0.05, 0) is 42.7 Å². The molecule has 0 aliphatic heterocycles. The fourth-order valence-corrected chi connectivity index (χ4v) is 4.29. The van der Waals surface area contributed by atoms with Gasteiger partial charge in [0.2, 0.25) is 5.91 Å². The topological polar surface area (TPSA) is 98.1 Å². The number of nitrogens with one attached hydrogen (secondary N) is 2. The summed E-state index contributed by atoms with van der Waals surface area (Å²) < 4.78 is 7.40. The number of rotatable bonds is 11. The van der Waals surface area contributed by atoms with Crippen molar-refractivity contribution in [2.75, 3.05) is 17.7 Å². The third-order valence-electron chi connectivity index (χ3n) is 5.03. The highest BCUT2D eigenvalue weighted by Crippen LogP contribution is 2.29. The second-order valence-corrected chi connectivity index (χ2v) is 9.60. The summed E-state index contributed by atoms with van der Waals surface area (Å²) in [6.45, 7) is 6.85. The van der Waals surface area contributed by atoms with E-state index in [9.17, 15) is 9.59 Å². The van der Waals surface area contributed by atoms with Crippen molar-refractivity contribution >= 4 is 52.5 Å². The summed E-state index contributed by atoms with van der Waals surface area (Å²) in [5, 5.41) is 15.1. The van der Waals surface area contributed by atoms with E-state index in [0.29, 0.717) is 44.9 Å². The van der Waals surface area contributed by atoms with Gasteiger partial charge in [0.1, 0.15) is 5.75 Å². The zero-order valence-corrected chi connectivity index (χ0v) is 22.0. The van der Waals surface area contributed by atoms with Gasteiger partial charge in [-0.25, -0.2) is 0 Å². The Morgan fingerprint density at radius 3 is 2.51 bits per heavy atom. The highest BCUT2D eigenvalue weighted by molar-refractivity contribution is 7.99. The van der Waals surface area contributed by atoms with E-state index in [4.69, 9.17) is 27.9 Å². The summed E-state index contributed by atoms with van der Waals surface area (Å²) in [7, 11) is 0. The summed E-state index contributed by atoms with van der Waals surface area (Å²) in [4.78, 5) is 24.6. The molecule has 1 heterocycles. The molecule has 0 aliphatic rings. The number of carbonyl (C=O) groups excluding carboxylic acids is 2. The molecule has 1 aromatic heterocycles. The van der Waals surface area contributed by atoms with E-state index < -0.39 is 0 Å². The molecule has 2 aromatic carbocycles. The van der Waals surface area contributed by atoms with Crippen LogP contribution in [0.5, 0.6) is 5.75 Å². The van der Waals surface area contributed by atoms with Crippen LogP contribution < -0.4 is 15.4 Å². The van der Waals surface area contributed by atoms with Gasteiger partial charge in [0.15, 0.2) is 17.6 Å². The van der Waals surface area contributed by atoms with Crippen molar-refractivity contribution in [3.8, 4) is 5.75 Å². The van der Waals surface area contributed by atoms with Crippen LogP contribution in [0.2, 0.25) is 10.0 Å². The van der Waals surface area contributed by atoms with Crippen molar-refractivity contribution < 1.29 is 14.3 Å². The van der Waals surface area contributed by atoms with Crippen LogP contribution in [-0.4, -0.2) is 38.9 Å². The molecule has 0 bridgehead atoms. The molecule has 2 amide bonds. The van der Waals surface area contributed by atoms with Crippen LogP contribution in [0.3, 0.4) is 0 Å². The lowest BCUT2D eigenvalue weighted by Crippen LogP contribution is -2.29. The minimum absolute atomic E-state index is 0.102. The van der Waals surface area contributed by atoms with Crippen LogP contribution in [0.25, 0.3) is 0 Å². The third-order valence-corrected chi connectivity index (χ3v) is 6.81. The SMILES string of the molecule is CCn1c(CNC(=O)COc2ccc(C(C)C)cc2)nnc1SCC(=O)Nc1cccc(Cl)c1Cl. The van der Waals surface area contributed by atoms with E-state index in [1.807, 2.05) is 35.8 Å². The predicted octanol–water partition coefficient (Wildman–Crippen LogP) is 5.15. The first-order valence-corrected chi connectivity index (χ1v) is 12.8. The minimum Gasteiger partial charge on any atom is -0.484 e. The maximum absolute atomic E-state index is 12.3. The Labute approximate surface area is 218 Å². The first kappa shape index (κ1) is 26.8. The second-order valence-electron chi connectivity index (χ2n) is 7.87. The lowest BCUT2D eigenvalue weighted by molar-refractivity contribution is -0.123. The Balaban J connectivity index is 1.48. The molecule has 3 rings (SSSR count). The average molecular weight is 536 g/mol. The lowest BCUT2D eigenvalue weighted by Gasteiger charge is -2.10. The largest absolute Gasteiger partial charge is 0.484 e. The number of ether oxygens (including phenoxy) is 1. The Bertz CT molecular complexity index is 1170. The first-order valence-electron chi connectivity index (χ1n) is 11.1. The smallest absolute Gasteiger partial charge is 0.258 e. The number of benzene rings is 2. The Hall–Kier alpha value is -2.75. The van der Waals surface area contributed by atoms with Gasteiger partial charge in [-0.15, -0.1) is 10.2 Å². The number of amides is 2. The number of nitrogens with zero attached hydrogens (tertiary/aromatic N) is 3. The quantitative estimate of drug-likeness (QED) is 0.329. The maximum atomic E-state index is 12.3. The van der Waals surface area contributed by atoms with Gasteiger partial charge in [0.25, 0.3) is 5.91 Å². The molecule has 35 heavy (non-hydrogen) atoms. The lowest BCUT2D eigenvalue weighted by atomic mass is 10.0. The van der Waals surface area contributed by atoms with Gasteiger partial charge in [-0.3, -0.25) is 9.59 Å². The number of aromatic nitrogens is 3. The van der Waals surface area contributed by atoms with Crippen molar-refractivity contribution in [3.05, 3.63) is 63.9 Å².